The SMILES string of the molecule is O=C(c1cc(Cl)c(Br)cc1F)N1CCOCC1. The average molecular weight is 323 g/mol. The van der Waals surface area contributed by atoms with Crippen LogP contribution in [0.15, 0.2) is 16.6 Å². The number of hydrogen-bond donors (Lipinski definition) is 0. The molecule has 0 atom stereocenters. The molecule has 0 unspecified atom stereocenters. The average Bonchev–Trinajstić information content (AvgIpc) is 2.34. The molecule has 1 fully saturated rings. The lowest BCUT2D eigenvalue weighted by Crippen LogP contribution is -2.41. The molecule has 0 aliphatic carbocycles. The van der Waals surface area contributed by atoms with E-state index in [0.717, 1.165) is 0 Å². The molecule has 1 aliphatic heterocycles. The van der Waals surface area contributed by atoms with Crippen molar-refractivity contribution in [3.8, 4) is 0 Å². The predicted molar refractivity (Wildman–Crippen MR) is 65.8 cm³/mol. The van der Waals surface area contributed by atoms with Gasteiger partial charge in [-0.3, -0.25) is 4.79 Å². The van der Waals surface area contributed by atoms with E-state index in [4.69, 9.17) is 16.3 Å². The van der Waals surface area contributed by atoms with E-state index in [2.05, 4.69) is 15.9 Å². The Morgan fingerprint density at radius 3 is 2.71 bits per heavy atom. The molecule has 0 saturated carbocycles. The highest BCUT2D eigenvalue weighted by molar-refractivity contribution is 9.10. The zero-order chi connectivity index (χ0) is 12.4. The quantitative estimate of drug-likeness (QED) is 0.744. The Morgan fingerprint density at radius 2 is 2.06 bits per heavy atom. The van der Waals surface area contributed by atoms with Gasteiger partial charge < -0.3 is 9.64 Å². The van der Waals surface area contributed by atoms with Gasteiger partial charge in [0, 0.05) is 17.6 Å². The highest BCUT2D eigenvalue weighted by Crippen LogP contribution is 2.26. The zero-order valence-corrected chi connectivity index (χ0v) is 11.2. The van der Waals surface area contributed by atoms with Crippen LogP contribution < -0.4 is 0 Å². The second kappa shape index (κ2) is 5.33. The third-order valence-electron chi connectivity index (χ3n) is 2.54. The number of nitrogens with zero attached hydrogens (tertiary/aromatic N) is 1. The monoisotopic (exact) mass is 321 g/mol. The third-order valence-corrected chi connectivity index (χ3v) is 3.74. The summed E-state index contributed by atoms with van der Waals surface area (Å²) in [5, 5.41) is 0.322. The van der Waals surface area contributed by atoms with Gasteiger partial charge >= 0.3 is 0 Å². The Morgan fingerprint density at radius 1 is 1.41 bits per heavy atom. The largest absolute Gasteiger partial charge is 0.378 e. The lowest BCUT2D eigenvalue weighted by atomic mass is 10.2. The zero-order valence-electron chi connectivity index (χ0n) is 8.88. The molecule has 1 saturated heterocycles. The van der Waals surface area contributed by atoms with E-state index < -0.39 is 5.82 Å². The first kappa shape index (κ1) is 12.8. The van der Waals surface area contributed by atoms with Gasteiger partial charge in [0.2, 0.25) is 0 Å². The van der Waals surface area contributed by atoms with Crippen molar-refractivity contribution >= 4 is 33.4 Å². The summed E-state index contributed by atoms with van der Waals surface area (Å²) in [6.45, 7) is 1.92. The van der Waals surface area contributed by atoms with Crippen molar-refractivity contribution in [2.45, 2.75) is 0 Å². The summed E-state index contributed by atoms with van der Waals surface area (Å²) < 4.78 is 19.2. The molecule has 2 rings (SSSR count). The smallest absolute Gasteiger partial charge is 0.257 e. The van der Waals surface area contributed by atoms with Crippen LogP contribution in [0.4, 0.5) is 4.39 Å². The van der Waals surface area contributed by atoms with Crippen LogP contribution in [0.3, 0.4) is 0 Å². The van der Waals surface area contributed by atoms with Crippen LogP contribution >= 0.6 is 27.5 Å². The lowest BCUT2D eigenvalue weighted by Gasteiger charge is -2.27. The number of carbonyl (C=O) groups excluding carboxylic acids is 1. The molecular weight excluding hydrogens is 312 g/mol. The molecular formula is C11H10BrClFNO2. The number of rotatable bonds is 1. The molecule has 0 spiro atoms. The number of ether oxygens (including phenoxy) is 1. The van der Waals surface area contributed by atoms with E-state index in [1.165, 1.54) is 12.1 Å². The molecule has 1 aliphatic rings. The molecule has 1 aromatic rings. The molecule has 3 nitrogen and oxygen atoms in total. The second-order valence-electron chi connectivity index (χ2n) is 3.65. The lowest BCUT2D eigenvalue weighted by molar-refractivity contribution is 0.0300. The maximum atomic E-state index is 13.7. The van der Waals surface area contributed by atoms with Crippen LogP contribution in [0.2, 0.25) is 5.02 Å². The summed E-state index contributed by atoms with van der Waals surface area (Å²) in [5.74, 6) is -0.919. The van der Waals surface area contributed by atoms with Crippen molar-refractivity contribution in [1.29, 1.82) is 0 Å². The second-order valence-corrected chi connectivity index (χ2v) is 4.91. The fourth-order valence-electron chi connectivity index (χ4n) is 1.62. The first-order valence-electron chi connectivity index (χ1n) is 5.11. The van der Waals surface area contributed by atoms with Crippen molar-refractivity contribution in [3.63, 3.8) is 0 Å². The van der Waals surface area contributed by atoms with Crippen LogP contribution in [-0.4, -0.2) is 37.1 Å². The number of hydrogen-bond acceptors (Lipinski definition) is 2. The predicted octanol–water partition coefficient (Wildman–Crippen LogP) is 2.71. The van der Waals surface area contributed by atoms with Gasteiger partial charge in [0.1, 0.15) is 5.82 Å². The highest BCUT2D eigenvalue weighted by atomic mass is 79.9. The van der Waals surface area contributed by atoms with Crippen LogP contribution in [0, 0.1) is 5.82 Å². The standard InChI is InChI=1S/C11H10BrClFNO2/c12-8-6-10(14)7(5-9(8)13)11(16)15-1-3-17-4-2-15/h5-6H,1-4H2. The maximum Gasteiger partial charge on any atom is 0.257 e. The first-order valence-corrected chi connectivity index (χ1v) is 6.28. The van der Waals surface area contributed by atoms with E-state index >= 15 is 0 Å². The van der Waals surface area contributed by atoms with Gasteiger partial charge in [-0.25, -0.2) is 4.39 Å². The van der Waals surface area contributed by atoms with Crippen molar-refractivity contribution in [1.82, 2.24) is 4.90 Å². The molecule has 0 bridgehead atoms. The molecule has 92 valence electrons. The minimum atomic E-state index is -0.572. The van der Waals surface area contributed by atoms with Crippen molar-refractivity contribution < 1.29 is 13.9 Å². The van der Waals surface area contributed by atoms with Crippen LogP contribution in [0.1, 0.15) is 10.4 Å². The Kier molecular flexibility index (Phi) is 4.01. The van der Waals surface area contributed by atoms with Gasteiger partial charge in [0.25, 0.3) is 5.91 Å². The molecule has 1 aromatic carbocycles. The van der Waals surface area contributed by atoms with E-state index in [1.54, 1.807) is 4.90 Å². The van der Waals surface area contributed by atoms with E-state index in [0.29, 0.717) is 35.8 Å². The van der Waals surface area contributed by atoms with Crippen molar-refractivity contribution in [2.75, 3.05) is 26.3 Å². The maximum absolute atomic E-state index is 13.7. The van der Waals surface area contributed by atoms with E-state index in [9.17, 15) is 9.18 Å². The molecule has 1 heterocycles. The van der Waals surface area contributed by atoms with Gasteiger partial charge in [-0.2, -0.15) is 0 Å². The highest BCUT2D eigenvalue weighted by Gasteiger charge is 2.22. The Hall–Kier alpha value is -0.650. The molecule has 0 radical (unpaired) electrons. The van der Waals surface area contributed by atoms with Gasteiger partial charge in [-0.15, -0.1) is 0 Å². The van der Waals surface area contributed by atoms with Gasteiger partial charge in [0.15, 0.2) is 0 Å². The number of carbonyl (C=O) groups is 1. The normalized spacial score (nSPS) is 16.1. The molecule has 17 heavy (non-hydrogen) atoms. The number of amides is 1. The summed E-state index contributed by atoms with van der Waals surface area (Å²) >= 11 is 8.97. The molecule has 1 amide bonds. The summed E-state index contributed by atoms with van der Waals surface area (Å²) in [4.78, 5) is 13.6. The van der Waals surface area contributed by atoms with Crippen LogP contribution in [0.5, 0.6) is 0 Å². The van der Waals surface area contributed by atoms with E-state index in [1.807, 2.05) is 0 Å². The Balaban J connectivity index is 2.26. The van der Waals surface area contributed by atoms with Gasteiger partial charge in [-0.1, -0.05) is 11.6 Å². The van der Waals surface area contributed by atoms with Crippen LogP contribution in [-0.2, 0) is 4.74 Å². The van der Waals surface area contributed by atoms with Gasteiger partial charge in [-0.05, 0) is 28.1 Å². The minimum Gasteiger partial charge on any atom is -0.378 e. The van der Waals surface area contributed by atoms with Crippen molar-refractivity contribution in [2.24, 2.45) is 0 Å². The Labute approximate surface area is 112 Å². The summed E-state index contributed by atoms with van der Waals surface area (Å²) in [7, 11) is 0. The van der Waals surface area contributed by atoms with Crippen molar-refractivity contribution in [3.05, 3.63) is 33.0 Å². The fraction of sp³-hybridized carbons (Fsp3) is 0.364. The number of morpholine rings is 1. The number of benzene rings is 1. The third kappa shape index (κ3) is 2.78. The molecule has 0 aromatic heterocycles. The van der Waals surface area contributed by atoms with Gasteiger partial charge in [0.05, 0.1) is 23.8 Å². The molecule has 0 N–H and O–H groups in total. The first-order chi connectivity index (χ1) is 8.09. The topological polar surface area (TPSA) is 29.5 Å². The minimum absolute atomic E-state index is 0.0000926. The molecule has 6 heteroatoms. The summed E-state index contributed by atoms with van der Waals surface area (Å²) in [6, 6.07) is 2.55. The number of halogens is 3. The Bertz CT molecular complexity index is 449. The summed E-state index contributed by atoms with van der Waals surface area (Å²) in [5.41, 5.74) is 0.0000926. The van der Waals surface area contributed by atoms with Crippen LogP contribution in [0.25, 0.3) is 0 Å². The fourth-order valence-corrected chi connectivity index (χ4v) is 2.10. The van der Waals surface area contributed by atoms with E-state index in [-0.39, 0.29) is 11.5 Å². The summed E-state index contributed by atoms with van der Waals surface area (Å²) in [6.07, 6.45) is 0.